The van der Waals surface area contributed by atoms with Crippen molar-refractivity contribution in [2.45, 2.75) is 25.9 Å². The second-order valence-corrected chi connectivity index (χ2v) is 8.72. The lowest BCUT2D eigenvalue weighted by Crippen LogP contribution is -2.49. The lowest BCUT2D eigenvalue weighted by molar-refractivity contribution is -0.122. The van der Waals surface area contributed by atoms with E-state index in [0.29, 0.717) is 0 Å². The van der Waals surface area contributed by atoms with Gasteiger partial charge in [-0.25, -0.2) is 12.8 Å². The molecule has 0 heterocycles. The van der Waals surface area contributed by atoms with Crippen molar-refractivity contribution in [1.82, 2.24) is 5.32 Å². The summed E-state index contributed by atoms with van der Waals surface area (Å²) in [5.74, 6) is -0.883. The van der Waals surface area contributed by atoms with Gasteiger partial charge in [-0.3, -0.25) is 9.10 Å². The average Bonchev–Trinajstić information content (AvgIpc) is 2.70. The molecule has 1 amide bonds. The van der Waals surface area contributed by atoms with Gasteiger partial charge in [0.1, 0.15) is 11.9 Å². The van der Waals surface area contributed by atoms with Crippen molar-refractivity contribution in [2.24, 2.45) is 0 Å². The van der Waals surface area contributed by atoms with Crippen molar-refractivity contribution in [2.75, 3.05) is 10.6 Å². The third-order valence-electron chi connectivity index (χ3n) is 4.69. The van der Waals surface area contributed by atoms with E-state index in [0.717, 1.165) is 26.9 Å². The lowest BCUT2D eigenvalue weighted by atomic mass is 10.1. The van der Waals surface area contributed by atoms with Crippen molar-refractivity contribution in [1.29, 1.82) is 0 Å². The standard InChI is InChI=1S/C22H23FN2O3S/c1-3-21(25(29(2,27)28)20-12-10-19(23)11-13-20)22(26)24-15-16-8-9-17-6-4-5-7-18(17)14-16/h4-14,21H,3,15H2,1-2H3,(H,24,26)/t21-/m1/s1. The van der Waals surface area contributed by atoms with Gasteiger partial charge in [0.2, 0.25) is 15.9 Å². The van der Waals surface area contributed by atoms with Crippen LogP contribution in [0.5, 0.6) is 0 Å². The quantitative estimate of drug-likeness (QED) is 0.639. The molecular weight excluding hydrogens is 391 g/mol. The molecule has 0 unspecified atom stereocenters. The molecule has 0 saturated carbocycles. The molecule has 1 N–H and O–H groups in total. The molecule has 3 aromatic carbocycles. The van der Waals surface area contributed by atoms with E-state index in [2.05, 4.69) is 5.32 Å². The summed E-state index contributed by atoms with van der Waals surface area (Å²) in [7, 11) is -3.75. The Hall–Kier alpha value is -2.93. The van der Waals surface area contributed by atoms with Crippen LogP contribution in [0.2, 0.25) is 0 Å². The number of carbonyl (C=O) groups excluding carboxylic acids is 1. The molecule has 3 rings (SSSR count). The summed E-state index contributed by atoms with van der Waals surface area (Å²) in [4.78, 5) is 12.8. The molecule has 0 bridgehead atoms. The van der Waals surface area contributed by atoms with Crippen LogP contribution < -0.4 is 9.62 Å². The Labute approximate surface area is 170 Å². The minimum absolute atomic E-state index is 0.251. The van der Waals surface area contributed by atoms with Gasteiger partial charge in [0.25, 0.3) is 0 Å². The third kappa shape index (κ3) is 4.92. The number of benzene rings is 3. The molecule has 1 atom stereocenters. The van der Waals surface area contributed by atoms with Gasteiger partial charge in [-0.1, -0.05) is 43.3 Å². The molecule has 0 fully saturated rings. The Morgan fingerprint density at radius 3 is 2.31 bits per heavy atom. The number of fused-ring (bicyclic) bond motifs is 1. The largest absolute Gasteiger partial charge is 0.350 e. The number of sulfonamides is 1. The first-order chi connectivity index (χ1) is 13.8. The maximum absolute atomic E-state index is 13.3. The van der Waals surface area contributed by atoms with Crippen molar-refractivity contribution < 1.29 is 17.6 Å². The van der Waals surface area contributed by atoms with E-state index in [1.807, 2.05) is 42.5 Å². The Kier molecular flexibility index (Phi) is 6.17. The summed E-state index contributed by atoms with van der Waals surface area (Å²) in [6, 6.07) is 17.9. The zero-order valence-electron chi connectivity index (χ0n) is 16.3. The number of nitrogens with zero attached hydrogens (tertiary/aromatic N) is 1. The van der Waals surface area contributed by atoms with Gasteiger partial charge >= 0.3 is 0 Å². The molecular formula is C22H23FN2O3S. The monoisotopic (exact) mass is 414 g/mol. The van der Waals surface area contributed by atoms with E-state index in [1.165, 1.54) is 24.3 Å². The van der Waals surface area contributed by atoms with Crippen LogP contribution in [0, 0.1) is 5.82 Å². The number of halogens is 1. The van der Waals surface area contributed by atoms with E-state index < -0.39 is 27.8 Å². The molecule has 29 heavy (non-hydrogen) atoms. The lowest BCUT2D eigenvalue weighted by Gasteiger charge is -2.30. The summed E-state index contributed by atoms with van der Waals surface area (Å²) in [6.45, 7) is 2.02. The molecule has 0 radical (unpaired) electrons. The van der Waals surface area contributed by atoms with Crippen molar-refractivity contribution in [3.05, 3.63) is 78.1 Å². The molecule has 0 aliphatic heterocycles. The van der Waals surface area contributed by atoms with E-state index in [1.54, 1.807) is 6.92 Å². The van der Waals surface area contributed by atoms with Gasteiger partial charge < -0.3 is 5.32 Å². The number of hydrogen-bond donors (Lipinski definition) is 1. The van der Waals surface area contributed by atoms with Crippen molar-refractivity contribution in [3.63, 3.8) is 0 Å². The summed E-state index contributed by atoms with van der Waals surface area (Å²) in [5, 5.41) is 5.00. The van der Waals surface area contributed by atoms with Crippen molar-refractivity contribution in [3.8, 4) is 0 Å². The van der Waals surface area contributed by atoms with Gasteiger partial charge in [0, 0.05) is 6.54 Å². The van der Waals surface area contributed by atoms with Crippen LogP contribution in [-0.2, 0) is 21.4 Å². The molecule has 0 aromatic heterocycles. The summed E-state index contributed by atoms with van der Waals surface area (Å²) < 4.78 is 39.1. The Bertz CT molecular complexity index is 1110. The topological polar surface area (TPSA) is 66.5 Å². The fourth-order valence-corrected chi connectivity index (χ4v) is 4.52. The van der Waals surface area contributed by atoms with E-state index in [9.17, 15) is 17.6 Å². The van der Waals surface area contributed by atoms with Crippen LogP contribution >= 0.6 is 0 Å². The molecule has 0 aliphatic carbocycles. The van der Waals surface area contributed by atoms with Crippen LogP contribution in [-0.4, -0.2) is 26.6 Å². The zero-order valence-corrected chi connectivity index (χ0v) is 17.1. The third-order valence-corrected chi connectivity index (χ3v) is 5.87. The average molecular weight is 415 g/mol. The zero-order chi connectivity index (χ0) is 21.0. The van der Waals surface area contributed by atoms with Crippen LogP contribution in [0.4, 0.5) is 10.1 Å². The van der Waals surface area contributed by atoms with E-state index in [-0.39, 0.29) is 18.7 Å². The predicted molar refractivity (Wildman–Crippen MR) is 114 cm³/mol. The Morgan fingerprint density at radius 2 is 1.69 bits per heavy atom. The highest BCUT2D eigenvalue weighted by Gasteiger charge is 2.31. The van der Waals surface area contributed by atoms with Gasteiger partial charge in [0.15, 0.2) is 0 Å². The number of rotatable bonds is 7. The summed E-state index contributed by atoms with van der Waals surface area (Å²) >= 11 is 0. The molecule has 7 heteroatoms. The molecule has 152 valence electrons. The molecule has 3 aromatic rings. The van der Waals surface area contributed by atoms with Crippen LogP contribution in [0.1, 0.15) is 18.9 Å². The molecule has 0 aliphatic rings. The second-order valence-electron chi connectivity index (χ2n) is 6.86. The van der Waals surface area contributed by atoms with Crippen LogP contribution in [0.15, 0.2) is 66.7 Å². The normalized spacial score (nSPS) is 12.5. The first kappa shape index (κ1) is 20.8. The molecule has 0 spiro atoms. The van der Waals surface area contributed by atoms with Gasteiger partial charge in [0.05, 0.1) is 11.9 Å². The number of carbonyl (C=O) groups is 1. The molecule has 0 saturated heterocycles. The van der Waals surface area contributed by atoms with Crippen LogP contribution in [0.3, 0.4) is 0 Å². The summed E-state index contributed by atoms with van der Waals surface area (Å²) in [6.07, 6.45) is 1.31. The Balaban J connectivity index is 1.80. The number of hydrogen-bond acceptors (Lipinski definition) is 3. The van der Waals surface area contributed by atoms with E-state index >= 15 is 0 Å². The SMILES string of the molecule is CC[C@H](C(=O)NCc1ccc2ccccc2c1)N(c1ccc(F)cc1)S(C)(=O)=O. The predicted octanol–water partition coefficient (Wildman–Crippen LogP) is 3.84. The highest BCUT2D eigenvalue weighted by molar-refractivity contribution is 7.92. The second kappa shape index (κ2) is 8.61. The maximum atomic E-state index is 13.3. The summed E-state index contributed by atoms with van der Waals surface area (Å²) in [5.41, 5.74) is 1.17. The number of anilines is 1. The first-order valence-corrected chi connectivity index (χ1v) is 11.1. The smallest absolute Gasteiger partial charge is 0.244 e. The first-order valence-electron chi connectivity index (χ1n) is 9.30. The van der Waals surface area contributed by atoms with Crippen molar-refractivity contribution >= 4 is 32.4 Å². The van der Waals surface area contributed by atoms with Gasteiger partial charge in [-0.15, -0.1) is 0 Å². The minimum Gasteiger partial charge on any atom is -0.350 e. The fourth-order valence-electron chi connectivity index (χ4n) is 3.30. The maximum Gasteiger partial charge on any atom is 0.244 e. The van der Waals surface area contributed by atoms with Crippen LogP contribution in [0.25, 0.3) is 10.8 Å². The molecule has 5 nitrogen and oxygen atoms in total. The van der Waals surface area contributed by atoms with E-state index in [4.69, 9.17) is 0 Å². The highest BCUT2D eigenvalue weighted by atomic mass is 32.2. The highest BCUT2D eigenvalue weighted by Crippen LogP contribution is 2.23. The van der Waals surface area contributed by atoms with Gasteiger partial charge in [-0.05, 0) is 53.1 Å². The Morgan fingerprint density at radius 1 is 1.03 bits per heavy atom. The fraction of sp³-hybridized carbons (Fsp3) is 0.227. The minimum atomic E-state index is -3.75. The number of amides is 1. The number of nitrogens with one attached hydrogen (secondary N) is 1. The van der Waals surface area contributed by atoms with Gasteiger partial charge in [-0.2, -0.15) is 0 Å².